The summed E-state index contributed by atoms with van der Waals surface area (Å²) in [6.45, 7) is 5.67. The van der Waals surface area contributed by atoms with Gasteiger partial charge in [0.1, 0.15) is 0 Å². The van der Waals surface area contributed by atoms with Crippen LogP contribution in [0.25, 0.3) is 0 Å². The molecule has 0 bridgehead atoms. The van der Waals surface area contributed by atoms with Crippen molar-refractivity contribution in [3.63, 3.8) is 0 Å². The second-order valence-electron chi connectivity index (χ2n) is 2.72. The maximum absolute atomic E-state index is 10.2. The Balaban J connectivity index is -0.000000321. The van der Waals surface area contributed by atoms with Crippen molar-refractivity contribution in [1.29, 1.82) is 0 Å². The number of rotatable bonds is 6. The molecule has 0 heterocycles. The zero-order chi connectivity index (χ0) is 14.1. The molecule has 0 fully saturated rings. The van der Waals surface area contributed by atoms with Gasteiger partial charge in [-0.05, 0) is 13.8 Å². The molecule has 0 saturated heterocycles. The summed E-state index contributed by atoms with van der Waals surface area (Å²) >= 11 is 0. The number of ether oxygens (including phenoxy) is 1. The molecule has 10 heteroatoms. The zero-order valence-electron chi connectivity index (χ0n) is 9.49. The second kappa shape index (κ2) is 11.9. The Kier molecular flexibility index (Phi) is 15.1. The topological polar surface area (TPSA) is 138 Å². The van der Waals surface area contributed by atoms with E-state index >= 15 is 0 Å². The van der Waals surface area contributed by atoms with Crippen molar-refractivity contribution in [2.24, 2.45) is 0 Å². The van der Waals surface area contributed by atoms with Gasteiger partial charge in [-0.15, -0.1) is 0 Å². The molecule has 0 spiro atoms. The van der Waals surface area contributed by atoms with Crippen LogP contribution in [-0.4, -0.2) is 83.1 Å². The molecular formula is C8H17NaO8S. The van der Waals surface area contributed by atoms with E-state index in [1.807, 2.05) is 13.8 Å². The van der Waals surface area contributed by atoms with E-state index in [1.54, 1.807) is 0 Å². The first kappa shape index (κ1) is 22.9. The first-order chi connectivity index (χ1) is 7.66. The number of hydrogen-bond acceptors (Lipinski definition) is 5. The third-order valence-electron chi connectivity index (χ3n) is 1.40. The molecule has 1 unspecified atom stereocenters. The van der Waals surface area contributed by atoms with Gasteiger partial charge < -0.3 is 14.9 Å². The Morgan fingerprint density at radius 1 is 1.17 bits per heavy atom. The molecule has 0 aliphatic heterocycles. The van der Waals surface area contributed by atoms with Gasteiger partial charge in [-0.25, -0.2) is 0 Å². The summed E-state index contributed by atoms with van der Waals surface area (Å²) in [5, 5.41) is 13.9. The summed E-state index contributed by atoms with van der Waals surface area (Å²) in [6, 6.07) is 0. The summed E-state index contributed by atoms with van der Waals surface area (Å²) in [7, 11) is -4.84. The third kappa shape index (κ3) is 13.9. The number of carboxylic acids is 2. The van der Waals surface area contributed by atoms with E-state index < -0.39 is 33.7 Å². The Labute approximate surface area is 127 Å². The molecule has 0 aromatic heterocycles. The van der Waals surface area contributed by atoms with E-state index in [1.165, 1.54) is 0 Å². The fraction of sp³-hybridized carbons (Fsp3) is 0.750. The van der Waals surface area contributed by atoms with Crippen molar-refractivity contribution >= 4 is 51.6 Å². The van der Waals surface area contributed by atoms with Crippen molar-refractivity contribution in [3.8, 4) is 0 Å². The molecule has 0 saturated carbocycles. The van der Waals surface area contributed by atoms with Gasteiger partial charge in [0, 0.05) is 13.2 Å². The molecule has 0 aromatic rings. The zero-order valence-corrected chi connectivity index (χ0v) is 10.3. The van der Waals surface area contributed by atoms with Gasteiger partial charge in [-0.1, -0.05) is 0 Å². The minimum atomic E-state index is -4.84. The normalized spacial score (nSPS) is 11.5. The van der Waals surface area contributed by atoms with Gasteiger partial charge in [-0.3, -0.25) is 14.1 Å². The summed E-state index contributed by atoms with van der Waals surface area (Å²) in [6.07, 6.45) is -1.16. The number of carboxylic acid groups (broad SMARTS) is 2. The number of carbonyl (C=O) groups is 2. The average molecular weight is 296 g/mol. The van der Waals surface area contributed by atoms with Gasteiger partial charge in [0.05, 0.1) is 6.42 Å². The van der Waals surface area contributed by atoms with Crippen LogP contribution in [0.2, 0.25) is 0 Å². The maximum atomic E-state index is 10.2. The molecule has 0 amide bonds. The van der Waals surface area contributed by atoms with Gasteiger partial charge in [-0.2, -0.15) is 8.42 Å². The third-order valence-corrected chi connectivity index (χ3v) is 2.49. The molecule has 18 heavy (non-hydrogen) atoms. The van der Waals surface area contributed by atoms with E-state index in [2.05, 4.69) is 0 Å². The van der Waals surface area contributed by atoms with Crippen LogP contribution in [0.5, 0.6) is 0 Å². The molecule has 1 atom stereocenters. The summed E-state index contributed by atoms with van der Waals surface area (Å²) in [5.74, 6) is -3.50. The Bertz CT molecular complexity index is 337. The van der Waals surface area contributed by atoms with Gasteiger partial charge in [0.15, 0.2) is 5.25 Å². The molecule has 104 valence electrons. The molecule has 8 nitrogen and oxygen atoms in total. The first-order valence-electron chi connectivity index (χ1n) is 4.65. The van der Waals surface area contributed by atoms with Gasteiger partial charge in [0.25, 0.3) is 10.1 Å². The molecular weight excluding hydrogens is 279 g/mol. The van der Waals surface area contributed by atoms with Crippen molar-refractivity contribution in [1.82, 2.24) is 0 Å². The van der Waals surface area contributed by atoms with E-state index in [-0.39, 0.29) is 29.6 Å². The van der Waals surface area contributed by atoms with E-state index in [0.29, 0.717) is 0 Å². The van der Waals surface area contributed by atoms with Crippen LogP contribution in [0.3, 0.4) is 0 Å². The summed E-state index contributed by atoms with van der Waals surface area (Å²) in [5.41, 5.74) is 0. The Hall–Kier alpha value is -0.190. The fourth-order valence-corrected chi connectivity index (χ4v) is 1.29. The molecule has 0 aliphatic carbocycles. The number of hydrogen-bond donors (Lipinski definition) is 3. The van der Waals surface area contributed by atoms with Crippen molar-refractivity contribution in [3.05, 3.63) is 0 Å². The van der Waals surface area contributed by atoms with Crippen LogP contribution in [0, 0.1) is 0 Å². The molecule has 3 N–H and O–H groups in total. The molecule has 0 radical (unpaired) electrons. The molecule has 0 rings (SSSR count). The number of aliphatic carboxylic acids is 2. The van der Waals surface area contributed by atoms with Crippen LogP contribution in [0.4, 0.5) is 0 Å². The molecule has 0 aromatic carbocycles. The van der Waals surface area contributed by atoms with Crippen LogP contribution in [0.1, 0.15) is 20.3 Å². The summed E-state index contributed by atoms with van der Waals surface area (Å²) < 4.78 is 33.5. The van der Waals surface area contributed by atoms with E-state index in [9.17, 15) is 18.0 Å². The van der Waals surface area contributed by atoms with Crippen LogP contribution < -0.4 is 0 Å². The fourth-order valence-electron chi connectivity index (χ4n) is 0.683. The summed E-state index contributed by atoms with van der Waals surface area (Å²) in [4.78, 5) is 20.0. The van der Waals surface area contributed by atoms with Crippen LogP contribution in [-0.2, 0) is 24.4 Å². The monoisotopic (exact) mass is 296 g/mol. The first-order valence-corrected chi connectivity index (χ1v) is 6.15. The quantitative estimate of drug-likeness (QED) is 0.427. The molecule has 0 aliphatic rings. The Morgan fingerprint density at radius 3 is 1.61 bits per heavy atom. The predicted octanol–water partition coefficient (Wildman–Crippen LogP) is -0.804. The van der Waals surface area contributed by atoms with Crippen molar-refractivity contribution in [2.75, 3.05) is 13.2 Å². The minimum absolute atomic E-state index is 0. The predicted molar refractivity (Wildman–Crippen MR) is 64.5 cm³/mol. The van der Waals surface area contributed by atoms with Crippen molar-refractivity contribution < 1.29 is 37.5 Å². The van der Waals surface area contributed by atoms with E-state index in [0.717, 1.165) is 13.2 Å². The van der Waals surface area contributed by atoms with Crippen LogP contribution in [0.15, 0.2) is 0 Å². The second-order valence-corrected chi connectivity index (χ2v) is 4.32. The van der Waals surface area contributed by atoms with Gasteiger partial charge >= 0.3 is 41.5 Å². The van der Waals surface area contributed by atoms with E-state index in [4.69, 9.17) is 19.5 Å². The van der Waals surface area contributed by atoms with Crippen molar-refractivity contribution in [2.45, 2.75) is 25.5 Å². The standard InChI is InChI=1S/C4H6O7S.C4H10O.Na.H/c5-3(6)1-2(4(7)8)12(9,10)11;1-3-5-4-2;;/h2H,1H2,(H,5,6)(H,7,8)(H,9,10,11);3-4H2,1-2H3;;. The average Bonchev–Trinajstić information content (AvgIpc) is 2.14. The SMILES string of the molecule is CCOCC.O=C(O)CC(C(=O)O)S(=O)(=O)O.[NaH]. The Morgan fingerprint density at radius 2 is 1.56 bits per heavy atom. The van der Waals surface area contributed by atoms with Gasteiger partial charge in [0.2, 0.25) is 0 Å². The van der Waals surface area contributed by atoms with Crippen LogP contribution >= 0.6 is 0 Å².